The first-order valence-electron chi connectivity index (χ1n) is 10.5. The summed E-state index contributed by atoms with van der Waals surface area (Å²) in [4.78, 5) is 18.6. The molecule has 12 heteroatoms. The summed E-state index contributed by atoms with van der Waals surface area (Å²) in [6.07, 6.45) is 3.54. The Morgan fingerprint density at radius 1 is 1.33 bits per heavy atom. The van der Waals surface area contributed by atoms with Crippen molar-refractivity contribution < 1.29 is 13.2 Å². The summed E-state index contributed by atoms with van der Waals surface area (Å²) in [5, 5.41) is 12.1. The SMILES string of the molecule is Cc1nn([C@H]2CCS(=O)(=O)C2)c(C)c1CN(C)CC(=O)Nc1cc(Cl)ccc1-n1cncn1. The number of carbonyl (C=O) groups excluding carboxylic acids is 1. The van der Waals surface area contributed by atoms with E-state index in [4.69, 9.17) is 11.6 Å². The molecule has 1 N–H and O–H groups in total. The van der Waals surface area contributed by atoms with Crippen LogP contribution in [0.2, 0.25) is 5.02 Å². The van der Waals surface area contributed by atoms with Gasteiger partial charge in [0.15, 0.2) is 9.84 Å². The van der Waals surface area contributed by atoms with E-state index in [-0.39, 0.29) is 30.0 Å². The predicted octanol–water partition coefficient (Wildman–Crippen LogP) is 2.16. The molecule has 3 heterocycles. The smallest absolute Gasteiger partial charge is 0.238 e. The van der Waals surface area contributed by atoms with Crippen LogP contribution in [0.1, 0.15) is 29.4 Å². The fraction of sp³-hybridized carbons (Fsp3) is 0.429. The summed E-state index contributed by atoms with van der Waals surface area (Å²) in [5.41, 5.74) is 3.97. The van der Waals surface area contributed by atoms with Gasteiger partial charge in [-0.05, 0) is 45.5 Å². The van der Waals surface area contributed by atoms with Gasteiger partial charge < -0.3 is 5.32 Å². The molecule has 0 unspecified atom stereocenters. The van der Waals surface area contributed by atoms with Gasteiger partial charge in [-0.2, -0.15) is 10.2 Å². The van der Waals surface area contributed by atoms with Crippen LogP contribution in [0.3, 0.4) is 0 Å². The van der Waals surface area contributed by atoms with Gasteiger partial charge in [-0.15, -0.1) is 0 Å². The largest absolute Gasteiger partial charge is 0.323 e. The van der Waals surface area contributed by atoms with Gasteiger partial charge in [0.1, 0.15) is 12.7 Å². The molecular formula is C21H26ClN7O3S. The number of anilines is 1. The van der Waals surface area contributed by atoms with Crippen molar-refractivity contribution in [3.8, 4) is 5.69 Å². The van der Waals surface area contributed by atoms with Gasteiger partial charge in [-0.1, -0.05) is 11.6 Å². The third kappa shape index (κ3) is 5.26. The third-order valence-electron chi connectivity index (χ3n) is 5.77. The average molecular weight is 492 g/mol. The zero-order chi connectivity index (χ0) is 23.8. The number of aromatic nitrogens is 5. The van der Waals surface area contributed by atoms with E-state index in [0.717, 1.165) is 17.0 Å². The van der Waals surface area contributed by atoms with E-state index in [0.29, 0.717) is 29.4 Å². The minimum atomic E-state index is -3.00. The first-order chi connectivity index (χ1) is 15.6. The predicted molar refractivity (Wildman–Crippen MR) is 125 cm³/mol. The molecule has 1 fully saturated rings. The number of rotatable bonds is 7. The minimum Gasteiger partial charge on any atom is -0.323 e. The molecule has 10 nitrogen and oxygen atoms in total. The van der Waals surface area contributed by atoms with Gasteiger partial charge in [-0.25, -0.2) is 18.1 Å². The molecule has 0 saturated carbocycles. The lowest BCUT2D eigenvalue weighted by molar-refractivity contribution is -0.117. The van der Waals surface area contributed by atoms with Crippen LogP contribution in [-0.2, 0) is 21.2 Å². The molecule has 33 heavy (non-hydrogen) atoms. The van der Waals surface area contributed by atoms with Crippen LogP contribution >= 0.6 is 11.6 Å². The van der Waals surface area contributed by atoms with E-state index in [1.807, 2.05) is 30.5 Å². The lowest BCUT2D eigenvalue weighted by atomic mass is 10.1. The molecule has 0 spiro atoms. The Kier molecular flexibility index (Phi) is 6.55. The maximum absolute atomic E-state index is 12.8. The van der Waals surface area contributed by atoms with Crippen molar-refractivity contribution in [2.75, 3.05) is 30.4 Å². The second-order valence-corrected chi connectivity index (χ2v) is 11.0. The summed E-state index contributed by atoms with van der Waals surface area (Å²) >= 11 is 6.13. The second-order valence-electron chi connectivity index (χ2n) is 8.37. The molecule has 0 aliphatic carbocycles. The molecule has 2 aromatic heterocycles. The Morgan fingerprint density at radius 2 is 2.12 bits per heavy atom. The van der Waals surface area contributed by atoms with Crippen LogP contribution in [0.15, 0.2) is 30.9 Å². The van der Waals surface area contributed by atoms with Crippen LogP contribution in [0.4, 0.5) is 5.69 Å². The van der Waals surface area contributed by atoms with E-state index < -0.39 is 9.84 Å². The Labute approximate surface area is 197 Å². The Bertz CT molecular complexity index is 1270. The van der Waals surface area contributed by atoms with E-state index in [2.05, 4.69) is 20.5 Å². The standard InChI is InChI=1S/C21H26ClN7O3S/c1-14-18(15(2)29(26-14)17-6-7-33(31,32)11-17)9-27(3)10-21(30)25-19-8-16(22)4-5-20(19)28-13-23-12-24-28/h4-5,8,12-13,17H,6-7,9-11H2,1-3H3,(H,25,30)/t17-/m0/s1. The van der Waals surface area contributed by atoms with E-state index in [1.165, 1.54) is 6.33 Å². The molecule has 0 radical (unpaired) electrons. The van der Waals surface area contributed by atoms with Crippen molar-refractivity contribution in [2.24, 2.45) is 0 Å². The van der Waals surface area contributed by atoms with Crippen LogP contribution in [-0.4, -0.2) is 68.9 Å². The normalized spacial score (nSPS) is 17.5. The highest BCUT2D eigenvalue weighted by Crippen LogP contribution is 2.27. The zero-order valence-corrected chi connectivity index (χ0v) is 20.3. The molecule has 1 aliphatic heterocycles. The highest BCUT2D eigenvalue weighted by molar-refractivity contribution is 7.91. The Morgan fingerprint density at radius 3 is 2.79 bits per heavy atom. The third-order valence-corrected chi connectivity index (χ3v) is 7.75. The van der Waals surface area contributed by atoms with Crippen molar-refractivity contribution in [1.82, 2.24) is 29.4 Å². The summed E-state index contributed by atoms with van der Waals surface area (Å²) in [6, 6.07) is 5.03. The van der Waals surface area contributed by atoms with Crippen LogP contribution in [0.25, 0.3) is 5.69 Å². The molecule has 1 aliphatic rings. The molecule has 176 valence electrons. The lowest BCUT2D eigenvalue weighted by Gasteiger charge is -2.18. The van der Waals surface area contributed by atoms with Gasteiger partial charge in [0.2, 0.25) is 5.91 Å². The second kappa shape index (κ2) is 9.24. The van der Waals surface area contributed by atoms with Gasteiger partial charge in [0, 0.05) is 22.8 Å². The van der Waals surface area contributed by atoms with Gasteiger partial charge >= 0.3 is 0 Å². The van der Waals surface area contributed by atoms with Crippen molar-refractivity contribution >= 4 is 33.0 Å². The number of nitrogens with zero attached hydrogens (tertiary/aromatic N) is 6. The zero-order valence-electron chi connectivity index (χ0n) is 18.7. The van der Waals surface area contributed by atoms with Crippen molar-refractivity contribution in [2.45, 2.75) is 32.9 Å². The Hall–Kier alpha value is -2.76. The van der Waals surface area contributed by atoms with Crippen molar-refractivity contribution in [1.29, 1.82) is 0 Å². The molecule has 1 amide bonds. The van der Waals surface area contributed by atoms with E-state index >= 15 is 0 Å². The summed E-state index contributed by atoms with van der Waals surface area (Å²) < 4.78 is 27.1. The highest BCUT2D eigenvalue weighted by Gasteiger charge is 2.31. The van der Waals surface area contributed by atoms with Crippen LogP contribution in [0, 0.1) is 13.8 Å². The maximum Gasteiger partial charge on any atom is 0.238 e. The van der Waals surface area contributed by atoms with E-state index in [9.17, 15) is 13.2 Å². The molecule has 1 saturated heterocycles. The number of carbonyl (C=O) groups is 1. The molecular weight excluding hydrogens is 466 g/mol. The molecule has 1 atom stereocenters. The van der Waals surface area contributed by atoms with Crippen molar-refractivity contribution in [3.63, 3.8) is 0 Å². The number of halogens is 1. The number of benzene rings is 1. The first kappa shape index (κ1) is 23.4. The molecule has 0 bridgehead atoms. The highest BCUT2D eigenvalue weighted by atomic mass is 35.5. The minimum absolute atomic E-state index is 0.125. The van der Waals surface area contributed by atoms with Gasteiger partial charge in [0.25, 0.3) is 0 Å². The number of likely N-dealkylation sites (N-methyl/N-ethyl adjacent to an activating group) is 1. The van der Waals surface area contributed by atoms with Crippen LogP contribution < -0.4 is 5.32 Å². The number of aryl methyl sites for hydroxylation is 1. The quantitative estimate of drug-likeness (QED) is 0.538. The van der Waals surface area contributed by atoms with E-state index in [1.54, 1.807) is 29.2 Å². The number of sulfone groups is 1. The molecule has 1 aromatic carbocycles. The first-order valence-corrected chi connectivity index (χ1v) is 12.7. The number of hydrogen-bond donors (Lipinski definition) is 1. The lowest BCUT2D eigenvalue weighted by Crippen LogP contribution is -2.30. The van der Waals surface area contributed by atoms with Gasteiger partial charge in [-0.3, -0.25) is 14.4 Å². The van der Waals surface area contributed by atoms with Gasteiger partial charge in [0.05, 0.1) is 41.2 Å². The average Bonchev–Trinajstić information content (AvgIpc) is 3.44. The Balaban J connectivity index is 1.44. The fourth-order valence-corrected chi connectivity index (χ4v) is 6.02. The maximum atomic E-state index is 12.8. The topological polar surface area (TPSA) is 115 Å². The van der Waals surface area contributed by atoms with Crippen molar-refractivity contribution in [3.05, 3.63) is 52.8 Å². The monoisotopic (exact) mass is 491 g/mol. The molecule has 3 aromatic rings. The number of hydrogen-bond acceptors (Lipinski definition) is 7. The summed E-state index contributed by atoms with van der Waals surface area (Å²) in [6.45, 7) is 4.51. The molecule has 4 rings (SSSR count). The number of amides is 1. The van der Waals surface area contributed by atoms with Crippen LogP contribution in [0.5, 0.6) is 0 Å². The summed E-state index contributed by atoms with van der Waals surface area (Å²) in [7, 11) is -1.15. The summed E-state index contributed by atoms with van der Waals surface area (Å²) in [5.74, 6) is 0.122. The number of nitrogens with one attached hydrogen (secondary N) is 1. The fourth-order valence-electron chi connectivity index (χ4n) is 4.15.